The molecule has 1 aliphatic rings. The number of fused-ring (bicyclic) bond motifs is 1. The van der Waals surface area contributed by atoms with Gasteiger partial charge < -0.3 is 5.11 Å². The van der Waals surface area contributed by atoms with Crippen molar-refractivity contribution in [3.8, 4) is 17.2 Å². The molecule has 0 bridgehead atoms. The highest BCUT2D eigenvalue weighted by molar-refractivity contribution is 9.10. The van der Waals surface area contributed by atoms with E-state index in [1.807, 2.05) is 30.3 Å². The molecule has 1 heterocycles. The number of nitrogens with zero attached hydrogens (tertiary/aromatic N) is 2. The van der Waals surface area contributed by atoms with E-state index in [1.54, 1.807) is 12.3 Å². The smallest absolute Gasteiger partial charge is 0.0822 e. The van der Waals surface area contributed by atoms with Crippen molar-refractivity contribution in [2.45, 2.75) is 31.3 Å². The first kappa shape index (κ1) is 17.9. The van der Waals surface area contributed by atoms with E-state index in [0.717, 1.165) is 62.5 Å². The number of benzene rings is 2. The van der Waals surface area contributed by atoms with Crippen LogP contribution in [0.15, 0.2) is 53.6 Å². The van der Waals surface area contributed by atoms with Gasteiger partial charge in [-0.1, -0.05) is 34.7 Å². The van der Waals surface area contributed by atoms with Crippen molar-refractivity contribution < 1.29 is 5.11 Å². The Morgan fingerprint density at radius 3 is 2.70 bits per heavy atom. The molecule has 0 radical (unpaired) electrons. The van der Waals surface area contributed by atoms with Crippen molar-refractivity contribution >= 4 is 32.9 Å². The van der Waals surface area contributed by atoms with E-state index in [0.29, 0.717) is 0 Å². The normalized spacial score (nSPS) is 15.1. The largest absolute Gasteiger partial charge is 0.392 e. The van der Waals surface area contributed by atoms with Gasteiger partial charge in [0.15, 0.2) is 0 Å². The second-order valence-corrected chi connectivity index (χ2v) is 7.95. The number of aliphatic hydroxyl groups excluding tert-OH is 1. The Hall–Kier alpha value is -2.48. The summed E-state index contributed by atoms with van der Waals surface area (Å²) in [6.07, 6.45) is 6.34. The van der Waals surface area contributed by atoms with Gasteiger partial charge in [0.2, 0.25) is 0 Å². The summed E-state index contributed by atoms with van der Waals surface area (Å²) in [5.74, 6) is 0. The van der Waals surface area contributed by atoms with E-state index >= 15 is 0 Å². The van der Waals surface area contributed by atoms with Crippen LogP contribution in [0.3, 0.4) is 0 Å². The van der Waals surface area contributed by atoms with Crippen LogP contribution in [0.4, 0.5) is 0 Å². The average Bonchev–Trinajstić information content (AvgIpc) is 2.66. The summed E-state index contributed by atoms with van der Waals surface area (Å²) >= 11 is 3.60. The topological polar surface area (TPSA) is 56.9 Å². The molecule has 27 heavy (non-hydrogen) atoms. The number of rotatable bonds is 4. The van der Waals surface area contributed by atoms with Crippen LogP contribution in [0.1, 0.15) is 36.0 Å². The highest BCUT2D eigenvalue weighted by atomic mass is 79.9. The van der Waals surface area contributed by atoms with Gasteiger partial charge >= 0.3 is 0 Å². The predicted octanol–water partition coefficient (Wildman–Crippen LogP) is 5.74. The first-order valence-electron chi connectivity index (χ1n) is 8.98. The minimum absolute atomic E-state index is 0.0998. The van der Waals surface area contributed by atoms with E-state index in [9.17, 15) is 10.4 Å². The van der Waals surface area contributed by atoms with Crippen LogP contribution in [0.2, 0.25) is 0 Å². The zero-order valence-electron chi connectivity index (χ0n) is 14.9. The fourth-order valence-electron chi connectivity index (χ4n) is 3.93. The number of pyridine rings is 1. The maximum absolute atomic E-state index is 10.1. The molecule has 0 unspecified atom stereocenters. The molecular formula is C23H19BrN2O. The SMILES string of the molecule is C=Cc1cc(C2(C#N)CCC2)cc(-c2cc(Br)cc3cccnc23)c1CO. The Balaban J connectivity index is 2.06. The van der Waals surface area contributed by atoms with Crippen LogP contribution in [-0.2, 0) is 12.0 Å². The fraction of sp³-hybridized carbons (Fsp3) is 0.217. The molecule has 3 aromatic rings. The third-order valence-electron chi connectivity index (χ3n) is 5.60. The number of aliphatic hydroxyl groups is 1. The first-order valence-corrected chi connectivity index (χ1v) is 9.78. The Bertz CT molecular complexity index is 1090. The van der Waals surface area contributed by atoms with E-state index < -0.39 is 5.41 Å². The summed E-state index contributed by atoms with van der Waals surface area (Å²) in [5.41, 5.74) is 4.99. The number of aromatic nitrogens is 1. The van der Waals surface area contributed by atoms with Gasteiger partial charge in [-0.2, -0.15) is 5.26 Å². The number of hydrogen-bond acceptors (Lipinski definition) is 3. The van der Waals surface area contributed by atoms with Gasteiger partial charge in [0.25, 0.3) is 0 Å². The first-order chi connectivity index (χ1) is 13.1. The molecule has 1 aliphatic carbocycles. The zero-order valence-corrected chi connectivity index (χ0v) is 16.5. The highest BCUT2D eigenvalue weighted by Gasteiger charge is 2.39. The summed E-state index contributed by atoms with van der Waals surface area (Å²) in [4.78, 5) is 4.58. The number of nitriles is 1. The summed E-state index contributed by atoms with van der Waals surface area (Å²) in [6, 6.07) is 14.6. The molecule has 2 aromatic carbocycles. The highest BCUT2D eigenvalue weighted by Crippen LogP contribution is 2.46. The fourth-order valence-corrected chi connectivity index (χ4v) is 4.40. The summed E-state index contributed by atoms with van der Waals surface area (Å²) in [5, 5.41) is 20.9. The minimum atomic E-state index is -0.435. The molecule has 1 saturated carbocycles. The molecule has 1 N–H and O–H groups in total. The lowest BCUT2D eigenvalue weighted by molar-refractivity contribution is 0.281. The Morgan fingerprint density at radius 2 is 2.07 bits per heavy atom. The summed E-state index contributed by atoms with van der Waals surface area (Å²) < 4.78 is 0.950. The van der Waals surface area contributed by atoms with E-state index in [1.165, 1.54) is 0 Å². The van der Waals surface area contributed by atoms with E-state index in [4.69, 9.17) is 0 Å². The average molecular weight is 419 g/mol. The van der Waals surface area contributed by atoms with Gasteiger partial charge in [0.1, 0.15) is 0 Å². The van der Waals surface area contributed by atoms with Crippen LogP contribution in [0.25, 0.3) is 28.1 Å². The molecular weight excluding hydrogens is 400 g/mol. The van der Waals surface area contributed by atoms with Crippen molar-refractivity contribution in [3.05, 3.63) is 70.3 Å². The summed E-state index contributed by atoms with van der Waals surface area (Å²) in [7, 11) is 0. The maximum Gasteiger partial charge on any atom is 0.0822 e. The maximum atomic E-state index is 10.1. The molecule has 0 saturated heterocycles. The van der Waals surface area contributed by atoms with Gasteiger partial charge in [-0.15, -0.1) is 0 Å². The molecule has 1 aromatic heterocycles. The quantitative estimate of drug-likeness (QED) is 0.586. The van der Waals surface area contributed by atoms with Crippen molar-refractivity contribution in [2.75, 3.05) is 0 Å². The summed E-state index contributed by atoms with van der Waals surface area (Å²) in [6.45, 7) is 3.83. The molecule has 1 fully saturated rings. The van der Waals surface area contributed by atoms with Crippen molar-refractivity contribution in [2.24, 2.45) is 0 Å². The second kappa shape index (κ2) is 6.92. The second-order valence-electron chi connectivity index (χ2n) is 7.03. The van der Waals surface area contributed by atoms with Gasteiger partial charge in [0.05, 0.1) is 23.6 Å². The standard InChI is InChI=1S/C23H19BrN2O/c1-2-15-9-17(23(14-25)6-4-7-23)11-19(21(15)13-27)20-12-18(24)10-16-5-3-8-26-22(16)20/h2-3,5,8-12,27H,1,4,6-7,13H2. The molecule has 134 valence electrons. The molecule has 4 rings (SSSR count). The molecule has 0 amide bonds. The minimum Gasteiger partial charge on any atom is -0.392 e. The molecule has 3 nitrogen and oxygen atoms in total. The van der Waals surface area contributed by atoms with Crippen molar-refractivity contribution in [1.29, 1.82) is 5.26 Å². The molecule has 0 aliphatic heterocycles. The van der Waals surface area contributed by atoms with Crippen molar-refractivity contribution in [3.63, 3.8) is 0 Å². The third kappa shape index (κ3) is 2.88. The third-order valence-corrected chi connectivity index (χ3v) is 6.05. The Labute approximate surface area is 167 Å². The van der Waals surface area contributed by atoms with Crippen LogP contribution < -0.4 is 0 Å². The Kier molecular flexibility index (Phi) is 4.59. The van der Waals surface area contributed by atoms with Crippen LogP contribution in [-0.4, -0.2) is 10.1 Å². The van der Waals surface area contributed by atoms with Crippen LogP contribution >= 0.6 is 15.9 Å². The lowest BCUT2D eigenvalue weighted by Crippen LogP contribution is -2.32. The van der Waals surface area contributed by atoms with Crippen LogP contribution in [0, 0.1) is 11.3 Å². The zero-order chi connectivity index (χ0) is 19.0. The van der Waals surface area contributed by atoms with Gasteiger partial charge in [0, 0.05) is 21.6 Å². The Morgan fingerprint density at radius 1 is 1.26 bits per heavy atom. The van der Waals surface area contributed by atoms with E-state index in [-0.39, 0.29) is 6.61 Å². The molecule has 4 heteroatoms. The monoisotopic (exact) mass is 418 g/mol. The molecule has 0 spiro atoms. The van der Waals surface area contributed by atoms with Gasteiger partial charge in [-0.3, -0.25) is 4.98 Å². The lowest BCUT2D eigenvalue weighted by Gasteiger charge is -2.36. The van der Waals surface area contributed by atoms with Crippen LogP contribution in [0.5, 0.6) is 0 Å². The van der Waals surface area contributed by atoms with Crippen molar-refractivity contribution in [1.82, 2.24) is 4.98 Å². The number of halogens is 1. The van der Waals surface area contributed by atoms with Gasteiger partial charge in [-0.05, 0) is 71.8 Å². The molecule has 0 atom stereocenters. The predicted molar refractivity (Wildman–Crippen MR) is 112 cm³/mol. The number of hydrogen-bond donors (Lipinski definition) is 1. The van der Waals surface area contributed by atoms with E-state index in [2.05, 4.69) is 39.6 Å². The lowest BCUT2D eigenvalue weighted by atomic mass is 9.64. The van der Waals surface area contributed by atoms with Gasteiger partial charge in [-0.25, -0.2) is 0 Å².